The van der Waals surface area contributed by atoms with Crippen LogP contribution in [0.25, 0.3) is 0 Å². The number of nitrogens with zero attached hydrogens (tertiary/aromatic N) is 2. The third-order valence-corrected chi connectivity index (χ3v) is 3.92. The van der Waals surface area contributed by atoms with Gasteiger partial charge >= 0.3 is 6.18 Å². The quantitative estimate of drug-likeness (QED) is 0.924. The maximum atomic E-state index is 12.9. The summed E-state index contributed by atoms with van der Waals surface area (Å²) in [5, 5.41) is 0. The molecule has 1 fully saturated rings. The van der Waals surface area contributed by atoms with E-state index >= 15 is 0 Å². The van der Waals surface area contributed by atoms with Crippen LogP contribution in [0.15, 0.2) is 18.2 Å². The molecule has 2 N–H and O–H groups in total. The zero-order valence-electron chi connectivity index (χ0n) is 12.5. The van der Waals surface area contributed by atoms with Gasteiger partial charge in [0.15, 0.2) is 0 Å². The Labute approximate surface area is 127 Å². The average Bonchev–Trinajstić information content (AvgIpc) is 2.46. The summed E-state index contributed by atoms with van der Waals surface area (Å²) in [6.45, 7) is 6.86. The molecular weight excluding hydrogens is 295 g/mol. The summed E-state index contributed by atoms with van der Waals surface area (Å²) in [7, 11) is 0. The molecule has 0 aromatic heterocycles. The number of carbonyl (C=O) groups excluding carboxylic acids is 1. The lowest BCUT2D eigenvalue weighted by atomic mass is 10.0. The minimum atomic E-state index is -4.49. The van der Waals surface area contributed by atoms with Gasteiger partial charge in [-0.1, -0.05) is 6.92 Å². The van der Waals surface area contributed by atoms with Crippen molar-refractivity contribution in [1.29, 1.82) is 0 Å². The molecule has 1 heterocycles. The fourth-order valence-electron chi connectivity index (χ4n) is 2.61. The molecule has 1 amide bonds. The van der Waals surface area contributed by atoms with Gasteiger partial charge in [0, 0.05) is 38.3 Å². The van der Waals surface area contributed by atoms with E-state index in [9.17, 15) is 18.0 Å². The Morgan fingerprint density at radius 1 is 1.14 bits per heavy atom. The number of amides is 1. The standard InChI is InChI=1S/C15H20F3N3O/c1-2-20-3-5-21(6-4-20)10-11-7-12(14(19)22)9-13(8-11)15(16,17)18/h7-9H,2-6,10H2,1H3,(H2,19,22). The first kappa shape index (κ1) is 16.8. The number of primary amides is 1. The van der Waals surface area contributed by atoms with Crippen LogP contribution >= 0.6 is 0 Å². The highest BCUT2D eigenvalue weighted by molar-refractivity contribution is 5.93. The van der Waals surface area contributed by atoms with E-state index in [1.165, 1.54) is 6.07 Å². The van der Waals surface area contributed by atoms with Crippen molar-refractivity contribution < 1.29 is 18.0 Å². The third-order valence-electron chi connectivity index (χ3n) is 3.92. The number of likely N-dealkylation sites (N-methyl/N-ethyl adjacent to an activating group) is 1. The van der Waals surface area contributed by atoms with Gasteiger partial charge in [0.1, 0.15) is 0 Å². The summed E-state index contributed by atoms with van der Waals surface area (Å²) in [5.41, 5.74) is 4.68. The Hall–Kier alpha value is -1.60. The normalized spacial score (nSPS) is 17.6. The fraction of sp³-hybridized carbons (Fsp3) is 0.533. The van der Waals surface area contributed by atoms with Crippen molar-refractivity contribution in [3.05, 3.63) is 34.9 Å². The Bertz CT molecular complexity index is 537. The molecule has 0 saturated carbocycles. The van der Waals surface area contributed by atoms with Gasteiger partial charge < -0.3 is 10.6 Å². The highest BCUT2D eigenvalue weighted by Crippen LogP contribution is 2.31. The molecule has 1 aliphatic rings. The van der Waals surface area contributed by atoms with Crippen molar-refractivity contribution in [1.82, 2.24) is 9.80 Å². The maximum absolute atomic E-state index is 12.9. The van der Waals surface area contributed by atoms with Crippen LogP contribution in [0.3, 0.4) is 0 Å². The molecule has 4 nitrogen and oxygen atoms in total. The maximum Gasteiger partial charge on any atom is 0.416 e. The lowest BCUT2D eigenvalue weighted by Crippen LogP contribution is -2.45. The number of hydrogen-bond acceptors (Lipinski definition) is 3. The van der Waals surface area contributed by atoms with Crippen LogP contribution in [-0.2, 0) is 12.7 Å². The Morgan fingerprint density at radius 3 is 2.23 bits per heavy atom. The van der Waals surface area contributed by atoms with Gasteiger partial charge in [-0.25, -0.2) is 0 Å². The van der Waals surface area contributed by atoms with Crippen LogP contribution in [0.5, 0.6) is 0 Å². The van der Waals surface area contributed by atoms with Gasteiger partial charge in [0.2, 0.25) is 5.91 Å². The van der Waals surface area contributed by atoms with E-state index < -0.39 is 17.6 Å². The summed E-state index contributed by atoms with van der Waals surface area (Å²) >= 11 is 0. The van der Waals surface area contributed by atoms with Crippen LogP contribution in [0, 0.1) is 0 Å². The van der Waals surface area contributed by atoms with Crippen molar-refractivity contribution >= 4 is 5.91 Å². The predicted octanol–water partition coefficient (Wildman–Crippen LogP) is 1.94. The molecule has 0 atom stereocenters. The molecule has 0 unspecified atom stereocenters. The average molecular weight is 315 g/mol. The molecule has 0 radical (unpaired) electrons. The number of hydrogen-bond donors (Lipinski definition) is 1. The highest BCUT2D eigenvalue weighted by Gasteiger charge is 2.31. The first-order valence-electron chi connectivity index (χ1n) is 7.25. The number of halogens is 3. The second-order valence-corrected chi connectivity index (χ2v) is 5.49. The molecule has 122 valence electrons. The molecule has 1 saturated heterocycles. The van der Waals surface area contributed by atoms with E-state index in [0.717, 1.165) is 44.9 Å². The van der Waals surface area contributed by atoms with Crippen molar-refractivity contribution in [2.45, 2.75) is 19.6 Å². The number of piperazine rings is 1. The van der Waals surface area contributed by atoms with Gasteiger partial charge in [-0.05, 0) is 30.3 Å². The number of carbonyl (C=O) groups is 1. The summed E-state index contributed by atoms with van der Waals surface area (Å²) < 4.78 is 38.7. The largest absolute Gasteiger partial charge is 0.416 e. The minimum absolute atomic E-state index is 0.1000. The first-order chi connectivity index (χ1) is 10.3. The van der Waals surface area contributed by atoms with E-state index in [1.807, 2.05) is 0 Å². The van der Waals surface area contributed by atoms with Crippen molar-refractivity contribution in [2.75, 3.05) is 32.7 Å². The summed E-state index contributed by atoms with van der Waals surface area (Å²) in [5.74, 6) is -0.844. The molecule has 1 aliphatic heterocycles. The van der Waals surface area contributed by atoms with E-state index in [0.29, 0.717) is 12.1 Å². The highest BCUT2D eigenvalue weighted by atomic mass is 19.4. The van der Waals surface area contributed by atoms with E-state index in [4.69, 9.17) is 5.73 Å². The Morgan fingerprint density at radius 2 is 1.73 bits per heavy atom. The minimum Gasteiger partial charge on any atom is -0.366 e. The predicted molar refractivity (Wildman–Crippen MR) is 77.4 cm³/mol. The second kappa shape index (κ2) is 6.66. The van der Waals surface area contributed by atoms with Gasteiger partial charge in [0.25, 0.3) is 0 Å². The molecule has 22 heavy (non-hydrogen) atoms. The monoisotopic (exact) mass is 315 g/mol. The van der Waals surface area contributed by atoms with E-state index in [-0.39, 0.29) is 5.56 Å². The lowest BCUT2D eigenvalue weighted by molar-refractivity contribution is -0.137. The number of alkyl halides is 3. The van der Waals surface area contributed by atoms with Gasteiger partial charge in [0.05, 0.1) is 5.56 Å². The molecule has 1 aromatic carbocycles. The second-order valence-electron chi connectivity index (χ2n) is 5.49. The van der Waals surface area contributed by atoms with Crippen LogP contribution in [-0.4, -0.2) is 48.4 Å². The Kier molecular flexibility index (Phi) is 5.08. The zero-order valence-corrected chi connectivity index (χ0v) is 12.5. The summed E-state index contributed by atoms with van der Waals surface area (Å²) in [4.78, 5) is 15.6. The van der Waals surface area contributed by atoms with Gasteiger partial charge in [-0.3, -0.25) is 9.69 Å². The van der Waals surface area contributed by atoms with Crippen molar-refractivity contribution in [3.63, 3.8) is 0 Å². The molecule has 2 rings (SSSR count). The van der Waals surface area contributed by atoms with Gasteiger partial charge in [-0.15, -0.1) is 0 Å². The van der Waals surface area contributed by atoms with Crippen molar-refractivity contribution in [3.8, 4) is 0 Å². The Balaban J connectivity index is 2.16. The molecule has 0 bridgehead atoms. The molecule has 0 aliphatic carbocycles. The molecule has 0 spiro atoms. The summed E-state index contributed by atoms with van der Waals surface area (Å²) in [6.07, 6.45) is -4.49. The van der Waals surface area contributed by atoms with E-state index in [2.05, 4.69) is 16.7 Å². The van der Waals surface area contributed by atoms with Crippen LogP contribution in [0.2, 0.25) is 0 Å². The summed E-state index contributed by atoms with van der Waals surface area (Å²) in [6, 6.07) is 3.35. The topological polar surface area (TPSA) is 49.6 Å². The number of benzene rings is 1. The van der Waals surface area contributed by atoms with Gasteiger partial charge in [-0.2, -0.15) is 13.2 Å². The molecular formula is C15H20F3N3O. The zero-order chi connectivity index (χ0) is 16.3. The van der Waals surface area contributed by atoms with Crippen LogP contribution in [0.1, 0.15) is 28.4 Å². The number of nitrogens with two attached hydrogens (primary N) is 1. The fourth-order valence-corrected chi connectivity index (χ4v) is 2.61. The molecule has 1 aromatic rings. The van der Waals surface area contributed by atoms with E-state index in [1.54, 1.807) is 0 Å². The third kappa shape index (κ3) is 4.20. The number of rotatable bonds is 4. The van der Waals surface area contributed by atoms with Crippen molar-refractivity contribution in [2.24, 2.45) is 5.73 Å². The lowest BCUT2D eigenvalue weighted by Gasteiger charge is -2.34. The van der Waals surface area contributed by atoms with Crippen LogP contribution < -0.4 is 5.73 Å². The molecule has 7 heteroatoms. The van der Waals surface area contributed by atoms with Crippen LogP contribution in [0.4, 0.5) is 13.2 Å². The first-order valence-corrected chi connectivity index (χ1v) is 7.25. The SMILES string of the molecule is CCN1CCN(Cc2cc(C(N)=O)cc(C(F)(F)F)c2)CC1. The smallest absolute Gasteiger partial charge is 0.366 e.